The minimum Gasteiger partial charge on any atom is -0.483 e. The predicted molar refractivity (Wildman–Crippen MR) is 123 cm³/mol. The number of hydrogen-bond donors (Lipinski definition) is 1. The molecular weight excluding hydrogens is 463 g/mol. The highest BCUT2D eigenvalue weighted by Gasteiger charge is 2.26. The van der Waals surface area contributed by atoms with Gasteiger partial charge < -0.3 is 15.0 Å². The van der Waals surface area contributed by atoms with Crippen molar-refractivity contribution >= 4 is 27.7 Å². The summed E-state index contributed by atoms with van der Waals surface area (Å²) in [6, 6.07) is 11.0. The third kappa shape index (κ3) is 7.35. The maximum absolute atomic E-state index is 13.3. The summed E-state index contributed by atoms with van der Waals surface area (Å²) in [6.45, 7) is 8.34. The summed E-state index contributed by atoms with van der Waals surface area (Å²) in [6.07, 6.45) is 0.799. The Balaban J connectivity index is 2.14. The number of benzene rings is 2. The number of nitrogens with one attached hydrogen (secondary N) is 1. The lowest BCUT2D eigenvalue weighted by Gasteiger charge is -2.28. The smallest absolute Gasteiger partial charge is 0.261 e. The van der Waals surface area contributed by atoms with Crippen LogP contribution in [0.4, 0.5) is 4.39 Å². The van der Waals surface area contributed by atoms with Crippen LogP contribution < -0.4 is 10.1 Å². The number of nitrogens with zero attached hydrogens (tertiary/aromatic N) is 1. The number of hydrogen-bond acceptors (Lipinski definition) is 3. The van der Waals surface area contributed by atoms with E-state index >= 15 is 0 Å². The highest BCUT2D eigenvalue weighted by molar-refractivity contribution is 9.10. The standard InChI is InChI=1S/C24H30BrFN2O3/c1-5-12-27-24(30)17(4)28(14-18-6-9-20(26)10-7-18)23(29)15-31-22-11-8-19(16(2)3)13-21(22)25/h6-11,13,16-17H,5,12,14-15H2,1-4H3,(H,27,30). The summed E-state index contributed by atoms with van der Waals surface area (Å²) in [7, 11) is 0. The lowest BCUT2D eigenvalue weighted by molar-refractivity contribution is -0.142. The molecule has 0 saturated carbocycles. The molecular formula is C24H30BrFN2O3. The fraction of sp³-hybridized carbons (Fsp3) is 0.417. The van der Waals surface area contributed by atoms with E-state index in [0.717, 1.165) is 22.0 Å². The van der Waals surface area contributed by atoms with Gasteiger partial charge in [0.25, 0.3) is 5.91 Å². The first-order chi connectivity index (χ1) is 14.7. The minimum absolute atomic E-state index is 0.177. The van der Waals surface area contributed by atoms with Gasteiger partial charge in [-0.05, 0) is 70.6 Å². The average Bonchev–Trinajstić information content (AvgIpc) is 2.75. The van der Waals surface area contributed by atoms with Crippen LogP contribution in [0.3, 0.4) is 0 Å². The van der Waals surface area contributed by atoms with Gasteiger partial charge in [0.15, 0.2) is 6.61 Å². The highest BCUT2D eigenvalue weighted by Crippen LogP contribution is 2.29. The van der Waals surface area contributed by atoms with Crippen molar-refractivity contribution in [1.82, 2.24) is 10.2 Å². The van der Waals surface area contributed by atoms with Crippen LogP contribution in [0.25, 0.3) is 0 Å². The van der Waals surface area contributed by atoms with Crippen LogP contribution >= 0.6 is 15.9 Å². The third-order valence-corrected chi connectivity index (χ3v) is 5.58. The number of rotatable bonds is 10. The summed E-state index contributed by atoms with van der Waals surface area (Å²) in [5.41, 5.74) is 1.89. The second-order valence-corrected chi connectivity index (χ2v) is 8.60. The normalized spacial score (nSPS) is 11.8. The molecule has 2 aromatic rings. The Hall–Kier alpha value is -2.41. The third-order valence-electron chi connectivity index (χ3n) is 4.96. The Morgan fingerprint density at radius 2 is 1.81 bits per heavy atom. The van der Waals surface area contributed by atoms with Crippen molar-refractivity contribution in [2.75, 3.05) is 13.2 Å². The van der Waals surface area contributed by atoms with E-state index in [9.17, 15) is 14.0 Å². The van der Waals surface area contributed by atoms with E-state index in [1.54, 1.807) is 19.1 Å². The van der Waals surface area contributed by atoms with Crippen molar-refractivity contribution < 1.29 is 18.7 Å². The average molecular weight is 493 g/mol. The van der Waals surface area contributed by atoms with Crippen LogP contribution in [0.15, 0.2) is 46.9 Å². The Morgan fingerprint density at radius 3 is 2.39 bits per heavy atom. The molecule has 1 N–H and O–H groups in total. The first-order valence-electron chi connectivity index (χ1n) is 10.5. The second kappa shape index (κ2) is 11.8. The van der Waals surface area contributed by atoms with Crippen molar-refractivity contribution in [3.63, 3.8) is 0 Å². The number of halogens is 2. The Kier molecular flexibility index (Phi) is 9.49. The molecule has 0 aromatic heterocycles. The van der Waals surface area contributed by atoms with Crippen molar-refractivity contribution in [2.24, 2.45) is 0 Å². The summed E-state index contributed by atoms with van der Waals surface area (Å²) in [4.78, 5) is 27.0. The molecule has 31 heavy (non-hydrogen) atoms. The van der Waals surface area contributed by atoms with Crippen molar-refractivity contribution in [3.8, 4) is 5.75 Å². The fourth-order valence-electron chi connectivity index (χ4n) is 2.98. The lowest BCUT2D eigenvalue weighted by Crippen LogP contribution is -2.49. The summed E-state index contributed by atoms with van der Waals surface area (Å²) >= 11 is 3.49. The molecule has 168 valence electrons. The Morgan fingerprint density at radius 1 is 1.13 bits per heavy atom. The first-order valence-corrected chi connectivity index (χ1v) is 11.3. The van der Waals surface area contributed by atoms with Gasteiger partial charge in [-0.2, -0.15) is 0 Å². The zero-order valence-electron chi connectivity index (χ0n) is 18.5. The summed E-state index contributed by atoms with van der Waals surface area (Å²) in [5.74, 6) is 0.0136. The number of carbonyl (C=O) groups is 2. The number of amides is 2. The zero-order valence-corrected chi connectivity index (χ0v) is 20.0. The highest BCUT2D eigenvalue weighted by atomic mass is 79.9. The zero-order chi connectivity index (χ0) is 23.0. The van der Waals surface area contributed by atoms with Crippen LogP contribution in [-0.2, 0) is 16.1 Å². The molecule has 0 saturated heterocycles. The van der Waals surface area contributed by atoms with Gasteiger partial charge in [0.05, 0.1) is 4.47 Å². The molecule has 0 aliphatic carbocycles. The Labute approximate surface area is 192 Å². The summed E-state index contributed by atoms with van der Waals surface area (Å²) in [5, 5.41) is 2.82. The molecule has 2 amide bonds. The molecule has 1 atom stereocenters. The molecule has 0 bridgehead atoms. The van der Waals surface area contributed by atoms with E-state index in [2.05, 4.69) is 35.1 Å². The van der Waals surface area contributed by atoms with Gasteiger partial charge in [-0.25, -0.2) is 4.39 Å². The largest absolute Gasteiger partial charge is 0.483 e. The van der Waals surface area contributed by atoms with Crippen molar-refractivity contribution in [2.45, 2.75) is 52.6 Å². The predicted octanol–water partition coefficient (Wildman–Crippen LogP) is 5.03. The van der Waals surface area contributed by atoms with Gasteiger partial charge in [0.2, 0.25) is 5.91 Å². The molecule has 1 unspecified atom stereocenters. The topological polar surface area (TPSA) is 58.6 Å². The second-order valence-electron chi connectivity index (χ2n) is 7.75. The van der Waals surface area contributed by atoms with Crippen LogP contribution in [0, 0.1) is 5.82 Å². The van der Waals surface area contributed by atoms with E-state index in [0.29, 0.717) is 18.2 Å². The maximum Gasteiger partial charge on any atom is 0.261 e. The van der Waals surface area contributed by atoms with Crippen LogP contribution in [0.2, 0.25) is 0 Å². The SMILES string of the molecule is CCCNC(=O)C(C)N(Cc1ccc(F)cc1)C(=O)COc1ccc(C(C)C)cc1Br. The van der Waals surface area contributed by atoms with Crippen LogP contribution in [0.1, 0.15) is 51.2 Å². The molecule has 0 aliphatic heterocycles. The number of carbonyl (C=O) groups excluding carboxylic acids is 2. The first kappa shape index (κ1) is 24.9. The molecule has 2 aromatic carbocycles. The van der Waals surface area contributed by atoms with E-state index in [4.69, 9.17) is 4.74 Å². The van der Waals surface area contributed by atoms with Gasteiger partial charge in [0, 0.05) is 13.1 Å². The Bertz CT molecular complexity index is 887. The molecule has 0 heterocycles. The van der Waals surface area contributed by atoms with Crippen molar-refractivity contribution in [3.05, 3.63) is 63.9 Å². The fourth-order valence-corrected chi connectivity index (χ4v) is 3.49. The van der Waals surface area contributed by atoms with Gasteiger partial charge in [-0.15, -0.1) is 0 Å². The van der Waals surface area contributed by atoms with Gasteiger partial charge in [-0.3, -0.25) is 9.59 Å². The van der Waals surface area contributed by atoms with Gasteiger partial charge in [0.1, 0.15) is 17.6 Å². The number of ether oxygens (including phenoxy) is 1. The van der Waals surface area contributed by atoms with E-state index in [-0.39, 0.29) is 30.8 Å². The van der Waals surface area contributed by atoms with E-state index in [1.807, 2.05) is 25.1 Å². The molecule has 5 nitrogen and oxygen atoms in total. The van der Waals surface area contributed by atoms with Crippen LogP contribution in [-0.4, -0.2) is 35.9 Å². The monoisotopic (exact) mass is 492 g/mol. The van der Waals surface area contributed by atoms with Gasteiger partial charge in [-0.1, -0.05) is 39.0 Å². The lowest BCUT2D eigenvalue weighted by atomic mass is 10.0. The molecule has 0 radical (unpaired) electrons. The maximum atomic E-state index is 13.3. The van der Waals surface area contributed by atoms with E-state index in [1.165, 1.54) is 17.0 Å². The van der Waals surface area contributed by atoms with Crippen molar-refractivity contribution in [1.29, 1.82) is 0 Å². The molecule has 0 aliphatic rings. The molecule has 0 fully saturated rings. The minimum atomic E-state index is -0.695. The molecule has 7 heteroatoms. The quantitative estimate of drug-likeness (QED) is 0.505. The molecule has 0 spiro atoms. The van der Waals surface area contributed by atoms with Gasteiger partial charge >= 0.3 is 0 Å². The van der Waals surface area contributed by atoms with Crippen LogP contribution in [0.5, 0.6) is 5.75 Å². The summed E-state index contributed by atoms with van der Waals surface area (Å²) < 4.78 is 19.8. The molecule has 2 rings (SSSR count). The van der Waals surface area contributed by atoms with E-state index < -0.39 is 6.04 Å².